The van der Waals surface area contributed by atoms with Crippen LogP contribution in [0.3, 0.4) is 0 Å². The minimum Gasteiger partial charge on any atom is -0.453 e. The molecule has 0 saturated heterocycles. The number of hydrogen-bond acceptors (Lipinski definition) is 5. The molecule has 2 aromatic rings. The van der Waals surface area contributed by atoms with Crippen LogP contribution >= 0.6 is 0 Å². The Hall–Kier alpha value is -2.70. The number of unbranched alkanes of at least 4 members (excludes halogenated alkanes) is 1. The zero-order valence-electron chi connectivity index (χ0n) is 18.6. The number of carbonyl (C=O) groups is 2. The van der Waals surface area contributed by atoms with Gasteiger partial charge in [0, 0.05) is 19.0 Å². The quantitative estimate of drug-likeness (QED) is 0.619. The summed E-state index contributed by atoms with van der Waals surface area (Å²) >= 11 is 0. The number of hydrogen-bond donors (Lipinski definition) is 1. The molecule has 1 aliphatic carbocycles. The number of esters is 1. The molecular weight excluding hydrogens is 394 g/mol. The van der Waals surface area contributed by atoms with Gasteiger partial charge in [-0.3, -0.25) is 14.4 Å². The Morgan fingerprint density at radius 2 is 1.97 bits per heavy atom. The Labute approximate surface area is 183 Å². The zero-order chi connectivity index (χ0) is 22.2. The smallest absolute Gasteiger partial charge is 0.306 e. The molecule has 1 atom stereocenters. The van der Waals surface area contributed by atoms with Crippen LogP contribution < -0.4 is 10.9 Å². The molecule has 1 amide bonds. The first-order valence-electron chi connectivity index (χ1n) is 11.5. The first kappa shape index (κ1) is 23.0. The predicted molar refractivity (Wildman–Crippen MR) is 120 cm³/mol. The molecule has 1 aromatic carbocycles. The Bertz CT molecular complexity index is 963. The summed E-state index contributed by atoms with van der Waals surface area (Å²) in [5.74, 6) is -0.758. The largest absolute Gasteiger partial charge is 0.453 e. The number of fused-ring (bicyclic) bond motifs is 1. The van der Waals surface area contributed by atoms with E-state index >= 15 is 0 Å². The minimum atomic E-state index is -0.847. The molecule has 0 radical (unpaired) electrons. The van der Waals surface area contributed by atoms with Gasteiger partial charge < -0.3 is 14.6 Å². The van der Waals surface area contributed by atoms with Gasteiger partial charge in [-0.25, -0.2) is 4.98 Å². The third kappa shape index (κ3) is 6.15. The summed E-state index contributed by atoms with van der Waals surface area (Å²) in [6.45, 7) is 4.28. The molecule has 3 rings (SSSR count). The molecule has 0 unspecified atom stereocenters. The van der Waals surface area contributed by atoms with Crippen LogP contribution in [-0.4, -0.2) is 33.6 Å². The number of ether oxygens (including phenoxy) is 1. The van der Waals surface area contributed by atoms with Gasteiger partial charge in [-0.2, -0.15) is 0 Å². The molecular formula is C24H33N3O4. The normalized spacial score (nSPS) is 15.5. The maximum absolute atomic E-state index is 12.9. The molecule has 7 nitrogen and oxygen atoms in total. The van der Waals surface area contributed by atoms with Gasteiger partial charge >= 0.3 is 5.97 Å². The first-order valence-corrected chi connectivity index (χ1v) is 11.5. The SMILES string of the molecule is CCCCn1c(=O)c(CCC(=O)O[C@@H](C)C(=O)NC2CCCCC2)nc2ccccc21. The average molecular weight is 428 g/mol. The molecule has 0 bridgehead atoms. The monoisotopic (exact) mass is 427 g/mol. The van der Waals surface area contributed by atoms with Gasteiger partial charge in [0.25, 0.3) is 11.5 Å². The van der Waals surface area contributed by atoms with Crippen molar-refractivity contribution in [3.63, 3.8) is 0 Å². The Balaban J connectivity index is 1.61. The number of aromatic nitrogens is 2. The Morgan fingerprint density at radius 1 is 1.23 bits per heavy atom. The molecule has 168 valence electrons. The standard InChI is InChI=1S/C24H33N3O4/c1-3-4-16-27-21-13-9-8-12-19(21)26-20(24(27)30)14-15-22(28)31-17(2)23(29)25-18-10-6-5-7-11-18/h8-9,12-13,17-18H,3-7,10-11,14-16H2,1-2H3,(H,25,29)/t17-/m0/s1. The van der Waals surface area contributed by atoms with E-state index in [0.29, 0.717) is 12.2 Å². The van der Waals surface area contributed by atoms with Crippen molar-refractivity contribution in [3.05, 3.63) is 40.3 Å². The van der Waals surface area contributed by atoms with E-state index in [0.717, 1.165) is 49.6 Å². The summed E-state index contributed by atoms with van der Waals surface area (Å²) in [5, 5.41) is 2.97. The summed E-state index contributed by atoms with van der Waals surface area (Å²) < 4.78 is 7.05. The van der Waals surface area contributed by atoms with Crippen molar-refractivity contribution in [2.75, 3.05) is 0 Å². The zero-order valence-corrected chi connectivity index (χ0v) is 18.6. The van der Waals surface area contributed by atoms with E-state index in [1.165, 1.54) is 6.42 Å². The number of aryl methyl sites for hydroxylation is 2. The summed E-state index contributed by atoms with van der Waals surface area (Å²) in [6.07, 6.45) is 6.62. The third-order valence-corrected chi connectivity index (χ3v) is 5.85. The van der Waals surface area contributed by atoms with E-state index in [9.17, 15) is 14.4 Å². The molecule has 1 aromatic heterocycles. The highest BCUT2D eigenvalue weighted by Crippen LogP contribution is 2.17. The van der Waals surface area contributed by atoms with E-state index < -0.39 is 12.1 Å². The van der Waals surface area contributed by atoms with Gasteiger partial charge in [-0.05, 0) is 38.3 Å². The minimum absolute atomic E-state index is 0.00933. The van der Waals surface area contributed by atoms with Crippen molar-refractivity contribution < 1.29 is 14.3 Å². The van der Waals surface area contributed by atoms with Gasteiger partial charge in [-0.1, -0.05) is 44.7 Å². The number of amides is 1. The number of carbonyl (C=O) groups excluding carboxylic acids is 2. The number of nitrogens with one attached hydrogen (secondary N) is 1. The van der Waals surface area contributed by atoms with Crippen LogP contribution in [0.25, 0.3) is 11.0 Å². The topological polar surface area (TPSA) is 90.3 Å². The maximum atomic E-state index is 12.9. The second-order valence-corrected chi connectivity index (χ2v) is 8.33. The van der Waals surface area contributed by atoms with Crippen molar-refractivity contribution in [2.24, 2.45) is 0 Å². The highest BCUT2D eigenvalue weighted by atomic mass is 16.5. The van der Waals surface area contributed by atoms with Crippen molar-refractivity contribution in [3.8, 4) is 0 Å². The summed E-state index contributed by atoms with van der Waals surface area (Å²) in [6, 6.07) is 7.71. The molecule has 1 saturated carbocycles. The van der Waals surface area contributed by atoms with Crippen LogP contribution in [0.4, 0.5) is 0 Å². The second kappa shape index (κ2) is 11.1. The first-order chi connectivity index (χ1) is 15.0. The van der Waals surface area contributed by atoms with Gasteiger partial charge in [0.1, 0.15) is 5.69 Å². The fourth-order valence-corrected chi connectivity index (χ4v) is 4.04. The lowest BCUT2D eigenvalue weighted by atomic mass is 9.95. The molecule has 1 aliphatic rings. The molecule has 0 aliphatic heterocycles. The summed E-state index contributed by atoms with van der Waals surface area (Å²) in [4.78, 5) is 42.1. The Kier molecular flexibility index (Phi) is 8.20. The summed E-state index contributed by atoms with van der Waals surface area (Å²) in [7, 11) is 0. The van der Waals surface area contributed by atoms with Crippen molar-refractivity contribution >= 4 is 22.9 Å². The molecule has 31 heavy (non-hydrogen) atoms. The number of rotatable bonds is 9. The Morgan fingerprint density at radius 3 is 2.71 bits per heavy atom. The lowest BCUT2D eigenvalue weighted by Gasteiger charge is -2.24. The fourth-order valence-electron chi connectivity index (χ4n) is 4.04. The lowest BCUT2D eigenvalue weighted by Crippen LogP contribution is -2.42. The maximum Gasteiger partial charge on any atom is 0.306 e. The van der Waals surface area contributed by atoms with E-state index in [1.807, 2.05) is 24.3 Å². The van der Waals surface area contributed by atoms with Crippen LogP contribution in [-0.2, 0) is 27.3 Å². The van der Waals surface area contributed by atoms with Gasteiger partial charge in [0.05, 0.1) is 17.5 Å². The average Bonchev–Trinajstić information content (AvgIpc) is 2.78. The van der Waals surface area contributed by atoms with Gasteiger partial charge in [0.15, 0.2) is 6.10 Å². The van der Waals surface area contributed by atoms with E-state index in [1.54, 1.807) is 11.5 Å². The van der Waals surface area contributed by atoms with E-state index in [2.05, 4.69) is 17.2 Å². The highest BCUT2D eigenvalue weighted by Gasteiger charge is 2.22. The van der Waals surface area contributed by atoms with Crippen LogP contribution in [0.2, 0.25) is 0 Å². The van der Waals surface area contributed by atoms with Crippen molar-refractivity contribution in [1.82, 2.24) is 14.9 Å². The molecule has 1 heterocycles. The van der Waals surface area contributed by atoms with Crippen molar-refractivity contribution in [2.45, 2.75) is 90.3 Å². The summed E-state index contributed by atoms with van der Waals surface area (Å²) in [5.41, 5.74) is 1.73. The van der Waals surface area contributed by atoms with Crippen LogP contribution in [0.15, 0.2) is 29.1 Å². The molecule has 0 spiro atoms. The van der Waals surface area contributed by atoms with Crippen LogP contribution in [0, 0.1) is 0 Å². The second-order valence-electron chi connectivity index (χ2n) is 8.33. The predicted octanol–water partition coefficient (Wildman–Crippen LogP) is 3.51. The van der Waals surface area contributed by atoms with E-state index in [4.69, 9.17) is 4.74 Å². The highest BCUT2D eigenvalue weighted by molar-refractivity contribution is 5.83. The molecule has 1 N–H and O–H groups in total. The number of benzene rings is 1. The fraction of sp³-hybridized carbons (Fsp3) is 0.583. The van der Waals surface area contributed by atoms with Gasteiger partial charge in [0.2, 0.25) is 0 Å². The van der Waals surface area contributed by atoms with E-state index in [-0.39, 0.29) is 30.3 Å². The number of para-hydroxylation sites is 2. The molecule has 7 heteroatoms. The third-order valence-electron chi connectivity index (χ3n) is 5.85. The lowest BCUT2D eigenvalue weighted by molar-refractivity contribution is -0.155. The van der Waals surface area contributed by atoms with Crippen LogP contribution in [0.1, 0.15) is 70.9 Å². The van der Waals surface area contributed by atoms with Crippen molar-refractivity contribution in [1.29, 1.82) is 0 Å². The molecule has 1 fully saturated rings. The number of nitrogens with zero attached hydrogens (tertiary/aromatic N) is 2. The van der Waals surface area contributed by atoms with Gasteiger partial charge in [-0.15, -0.1) is 0 Å². The van der Waals surface area contributed by atoms with Crippen LogP contribution in [0.5, 0.6) is 0 Å².